The molecule has 1 fully saturated rings. The second kappa shape index (κ2) is 12.0. The lowest BCUT2D eigenvalue weighted by Gasteiger charge is -2.36. The number of hydrogen-bond donors (Lipinski definition) is 1. The van der Waals surface area contributed by atoms with Crippen LogP contribution in [0, 0.1) is 11.8 Å². The van der Waals surface area contributed by atoms with E-state index in [0.717, 1.165) is 19.0 Å². The first-order chi connectivity index (χ1) is 17.8. The van der Waals surface area contributed by atoms with E-state index in [0.29, 0.717) is 41.5 Å². The van der Waals surface area contributed by atoms with E-state index in [-0.39, 0.29) is 29.9 Å². The summed E-state index contributed by atoms with van der Waals surface area (Å²) in [7, 11) is 5.05. The molecule has 1 aliphatic heterocycles. The lowest BCUT2D eigenvalue weighted by atomic mass is 10.0. The van der Waals surface area contributed by atoms with Crippen molar-refractivity contribution in [1.29, 1.82) is 0 Å². The van der Waals surface area contributed by atoms with E-state index in [1.165, 1.54) is 12.8 Å². The standard InChI is InChI=1S/C29H39N3O5/c1-19-15-32(16-21-9-10-21)20(2)18-37-26-12-11-23(14-25(26)29(34)31(3)17-27(19)36-5)30-28(33)22-7-6-8-24(13-22)35-4/h6-8,11-14,19-21,27H,9-10,15-18H2,1-5H3,(H,30,33)/t19-,20-,27-/m1/s1. The summed E-state index contributed by atoms with van der Waals surface area (Å²) in [5.74, 6) is 1.65. The van der Waals surface area contributed by atoms with E-state index in [4.69, 9.17) is 14.2 Å². The molecule has 200 valence electrons. The number of methoxy groups -OCH3 is 2. The summed E-state index contributed by atoms with van der Waals surface area (Å²) in [4.78, 5) is 30.6. The third kappa shape index (κ3) is 6.81. The first-order valence-corrected chi connectivity index (χ1v) is 13.0. The van der Waals surface area contributed by atoms with Crippen LogP contribution in [-0.2, 0) is 4.74 Å². The number of carbonyl (C=O) groups is 2. The minimum Gasteiger partial charge on any atom is -0.497 e. The van der Waals surface area contributed by atoms with Crippen molar-refractivity contribution >= 4 is 17.5 Å². The molecule has 0 bridgehead atoms. The molecular formula is C29H39N3O5. The van der Waals surface area contributed by atoms with Gasteiger partial charge in [-0.15, -0.1) is 0 Å². The molecule has 1 heterocycles. The number of rotatable bonds is 6. The number of nitrogens with one attached hydrogen (secondary N) is 1. The number of likely N-dealkylation sites (N-methyl/N-ethyl adjacent to an activating group) is 1. The van der Waals surface area contributed by atoms with Crippen molar-refractivity contribution in [3.63, 3.8) is 0 Å². The Bertz CT molecular complexity index is 1100. The average Bonchev–Trinajstić information content (AvgIpc) is 3.73. The highest BCUT2D eigenvalue weighted by molar-refractivity contribution is 6.05. The number of carbonyl (C=O) groups excluding carboxylic acids is 2. The summed E-state index contributed by atoms with van der Waals surface area (Å²) in [6, 6.07) is 12.3. The van der Waals surface area contributed by atoms with Crippen molar-refractivity contribution in [2.24, 2.45) is 11.8 Å². The maximum Gasteiger partial charge on any atom is 0.257 e. The number of anilines is 1. The summed E-state index contributed by atoms with van der Waals surface area (Å²) in [5.41, 5.74) is 1.40. The molecule has 1 aliphatic carbocycles. The van der Waals surface area contributed by atoms with Gasteiger partial charge in [0, 0.05) is 51.1 Å². The second-order valence-corrected chi connectivity index (χ2v) is 10.4. The van der Waals surface area contributed by atoms with Crippen molar-refractivity contribution in [2.75, 3.05) is 52.8 Å². The fourth-order valence-electron chi connectivity index (χ4n) is 4.78. The molecule has 2 aromatic rings. The molecule has 0 aromatic heterocycles. The first kappa shape index (κ1) is 26.9. The van der Waals surface area contributed by atoms with Crippen LogP contribution in [0.3, 0.4) is 0 Å². The highest BCUT2D eigenvalue weighted by atomic mass is 16.5. The van der Waals surface area contributed by atoms with E-state index in [9.17, 15) is 9.59 Å². The van der Waals surface area contributed by atoms with Crippen LogP contribution in [0.1, 0.15) is 47.4 Å². The average molecular weight is 510 g/mol. The highest BCUT2D eigenvalue weighted by Crippen LogP contribution is 2.32. The minimum atomic E-state index is -0.286. The quantitative estimate of drug-likeness (QED) is 0.630. The largest absolute Gasteiger partial charge is 0.497 e. The number of benzene rings is 2. The van der Waals surface area contributed by atoms with E-state index in [1.807, 2.05) is 0 Å². The van der Waals surface area contributed by atoms with E-state index < -0.39 is 0 Å². The van der Waals surface area contributed by atoms with Gasteiger partial charge in [0.15, 0.2) is 0 Å². The van der Waals surface area contributed by atoms with Crippen LogP contribution >= 0.6 is 0 Å². The van der Waals surface area contributed by atoms with Gasteiger partial charge in [0.2, 0.25) is 0 Å². The lowest BCUT2D eigenvalue weighted by Crippen LogP contribution is -2.47. The van der Waals surface area contributed by atoms with Crippen molar-refractivity contribution in [2.45, 2.75) is 38.8 Å². The first-order valence-electron chi connectivity index (χ1n) is 13.0. The van der Waals surface area contributed by atoms with Crippen LogP contribution in [0.2, 0.25) is 0 Å². The smallest absolute Gasteiger partial charge is 0.257 e. The fourth-order valence-corrected chi connectivity index (χ4v) is 4.78. The number of hydrogen-bond acceptors (Lipinski definition) is 6. The van der Waals surface area contributed by atoms with Crippen molar-refractivity contribution in [3.8, 4) is 11.5 Å². The Balaban J connectivity index is 1.60. The molecule has 1 N–H and O–H groups in total. The molecule has 2 aromatic carbocycles. The third-order valence-corrected chi connectivity index (χ3v) is 7.35. The van der Waals surface area contributed by atoms with E-state index in [1.54, 1.807) is 68.6 Å². The Morgan fingerprint density at radius 3 is 2.59 bits per heavy atom. The van der Waals surface area contributed by atoms with Crippen LogP contribution in [0.4, 0.5) is 5.69 Å². The predicted molar refractivity (Wildman–Crippen MR) is 144 cm³/mol. The van der Waals surface area contributed by atoms with Gasteiger partial charge in [0.1, 0.15) is 18.1 Å². The molecule has 0 unspecified atom stereocenters. The number of nitrogens with zero attached hydrogens (tertiary/aromatic N) is 2. The number of amides is 2. The topological polar surface area (TPSA) is 80.3 Å². The van der Waals surface area contributed by atoms with Crippen LogP contribution < -0.4 is 14.8 Å². The zero-order valence-electron chi connectivity index (χ0n) is 22.5. The molecule has 0 radical (unpaired) electrons. The normalized spacial score (nSPS) is 23.3. The van der Waals surface area contributed by atoms with Gasteiger partial charge in [-0.3, -0.25) is 14.5 Å². The van der Waals surface area contributed by atoms with Gasteiger partial charge in [-0.25, -0.2) is 0 Å². The highest BCUT2D eigenvalue weighted by Gasteiger charge is 2.31. The maximum atomic E-state index is 13.6. The summed E-state index contributed by atoms with van der Waals surface area (Å²) in [6.07, 6.45) is 2.48. The van der Waals surface area contributed by atoms with Gasteiger partial charge in [0.05, 0.1) is 18.8 Å². The summed E-state index contributed by atoms with van der Waals surface area (Å²) in [6.45, 7) is 7.25. The lowest BCUT2D eigenvalue weighted by molar-refractivity contribution is 0.00994. The van der Waals surface area contributed by atoms with Gasteiger partial charge in [-0.1, -0.05) is 13.0 Å². The molecule has 2 amide bonds. The molecule has 4 rings (SSSR count). The SMILES string of the molecule is COc1cccc(C(=O)Nc2ccc3c(c2)C(=O)N(C)C[C@@H](OC)[C@H](C)CN(CC2CC2)[C@H](C)CO3)c1. The van der Waals surface area contributed by atoms with Crippen LogP contribution in [0.5, 0.6) is 11.5 Å². The van der Waals surface area contributed by atoms with Gasteiger partial charge >= 0.3 is 0 Å². The molecule has 37 heavy (non-hydrogen) atoms. The Morgan fingerprint density at radius 1 is 1.11 bits per heavy atom. The molecule has 8 heteroatoms. The Morgan fingerprint density at radius 2 is 1.89 bits per heavy atom. The van der Waals surface area contributed by atoms with E-state index >= 15 is 0 Å². The van der Waals surface area contributed by atoms with Gasteiger partial charge in [0.25, 0.3) is 11.8 Å². The number of fused-ring (bicyclic) bond motifs is 1. The Hall–Kier alpha value is -3.10. The van der Waals surface area contributed by atoms with Gasteiger partial charge in [-0.05, 0) is 68.0 Å². The molecule has 0 saturated heterocycles. The van der Waals surface area contributed by atoms with Crippen molar-refractivity contribution in [1.82, 2.24) is 9.80 Å². The Kier molecular flexibility index (Phi) is 8.71. The molecule has 0 spiro atoms. The van der Waals surface area contributed by atoms with Crippen molar-refractivity contribution < 1.29 is 23.8 Å². The predicted octanol–water partition coefficient (Wildman–Crippen LogP) is 4.16. The van der Waals surface area contributed by atoms with Crippen LogP contribution in [0.25, 0.3) is 0 Å². The molecule has 1 saturated carbocycles. The maximum absolute atomic E-state index is 13.6. The molecular weight excluding hydrogens is 470 g/mol. The van der Waals surface area contributed by atoms with E-state index in [2.05, 4.69) is 24.1 Å². The molecule has 3 atom stereocenters. The zero-order valence-corrected chi connectivity index (χ0v) is 22.5. The molecule has 2 aliphatic rings. The summed E-state index contributed by atoms with van der Waals surface area (Å²) in [5, 5.41) is 2.90. The second-order valence-electron chi connectivity index (χ2n) is 10.4. The zero-order chi connectivity index (χ0) is 26.5. The monoisotopic (exact) mass is 509 g/mol. The van der Waals surface area contributed by atoms with Crippen molar-refractivity contribution in [3.05, 3.63) is 53.6 Å². The minimum absolute atomic E-state index is 0.0948. The van der Waals surface area contributed by atoms with Gasteiger partial charge < -0.3 is 24.4 Å². The summed E-state index contributed by atoms with van der Waals surface area (Å²) >= 11 is 0. The third-order valence-electron chi connectivity index (χ3n) is 7.35. The van der Waals surface area contributed by atoms with Gasteiger partial charge in [-0.2, -0.15) is 0 Å². The molecule has 8 nitrogen and oxygen atoms in total. The fraction of sp³-hybridized carbons (Fsp3) is 0.517. The number of ether oxygens (including phenoxy) is 3. The summed E-state index contributed by atoms with van der Waals surface area (Å²) < 4.78 is 17.3. The Labute approximate surface area is 219 Å². The van der Waals surface area contributed by atoms with Crippen LogP contribution in [-0.4, -0.2) is 81.3 Å². The van der Waals surface area contributed by atoms with Crippen LogP contribution in [0.15, 0.2) is 42.5 Å².